The van der Waals surface area contributed by atoms with Crippen LogP contribution in [0.5, 0.6) is 0 Å². The van der Waals surface area contributed by atoms with E-state index in [1.165, 1.54) is 23.9 Å². The number of thioether (sulfide) groups is 1. The molecule has 1 amide bonds. The molecule has 0 spiro atoms. The van der Waals surface area contributed by atoms with E-state index in [2.05, 4.69) is 15.3 Å². The first-order valence-corrected chi connectivity index (χ1v) is 9.46. The fourth-order valence-corrected chi connectivity index (χ4v) is 3.24. The van der Waals surface area contributed by atoms with Crippen molar-refractivity contribution in [1.82, 2.24) is 9.97 Å². The number of benzene rings is 2. The SMILES string of the molecule is Cc1ccc(C(=O)Nc2c(N)nc(SCc3ccc([N+](=O)[O-])cc3)[nH]c2=O)cc1. The van der Waals surface area contributed by atoms with Crippen molar-refractivity contribution in [2.24, 2.45) is 0 Å². The van der Waals surface area contributed by atoms with Crippen LogP contribution in [0.25, 0.3) is 0 Å². The lowest BCUT2D eigenvalue weighted by atomic mass is 10.1. The molecule has 1 aromatic heterocycles. The van der Waals surface area contributed by atoms with Gasteiger partial charge in [-0.1, -0.05) is 41.6 Å². The number of aryl methyl sites for hydroxylation is 1. The van der Waals surface area contributed by atoms with E-state index >= 15 is 0 Å². The van der Waals surface area contributed by atoms with Gasteiger partial charge in [0.15, 0.2) is 11.0 Å². The zero-order valence-electron chi connectivity index (χ0n) is 15.3. The first-order valence-electron chi connectivity index (χ1n) is 8.47. The van der Waals surface area contributed by atoms with Gasteiger partial charge >= 0.3 is 0 Å². The van der Waals surface area contributed by atoms with E-state index in [0.717, 1.165) is 11.1 Å². The molecule has 9 nitrogen and oxygen atoms in total. The maximum atomic E-state index is 12.3. The number of nitro groups is 1. The van der Waals surface area contributed by atoms with Crippen molar-refractivity contribution in [3.05, 3.63) is 85.7 Å². The first kappa shape index (κ1) is 20.1. The number of nitrogens with two attached hydrogens (primary N) is 1. The number of hydrogen-bond donors (Lipinski definition) is 3. The van der Waals surface area contributed by atoms with E-state index in [-0.39, 0.29) is 22.3 Å². The van der Waals surface area contributed by atoms with Crippen LogP contribution in [-0.4, -0.2) is 20.8 Å². The Balaban J connectivity index is 1.70. The summed E-state index contributed by atoms with van der Waals surface area (Å²) in [6, 6.07) is 12.9. The third kappa shape index (κ3) is 4.99. The molecule has 0 fully saturated rings. The number of anilines is 2. The molecule has 0 radical (unpaired) electrons. The molecule has 0 aliphatic carbocycles. The molecule has 3 rings (SSSR count). The second-order valence-corrected chi connectivity index (χ2v) is 7.13. The van der Waals surface area contributed by atoms with E-state index < -0.39 is 16.4 Å². The van der Waals surface area contributed by atoms with Crippen LogP contribution in [0.2, 0.25) is 0 Å². The van der Waals surface area contributed by atoms with Gasteiger partial charge in [-0.25, -0.2) is 4.98 Å². The first-order chi connectivity index (χ1) is 13.8. The van der Waals surface area contributed by atoms with Gasteiger partial charge in [-0.2, -0.15) is 0 Å². The zero-order valence-corrected chi connectivity index (χ0v) is 16.2. The van der Waals surface area contributed by atoms with Crippen molar-refractivity contribution < 1.29 is 9.72 Å². The Kier molecular flexibility index (Phi) is 5.93. The summed E-state index contributed by atoms with van der Waals surface area (Å²) in [4.78, 5) is 41.5. The van der Waals surface area contributed by atoms with Crippen molar-refractivity contribution in [3.8, 4) is 0 Å². The molecule has 4 N–H and O–H groups in total. The van der Waals surface area contributed by atoms with Crippen molar-refractivity contribution in [2.75, 3.05) is 11.1 Å². The van der Waals surface area contributed by atoms with Crippen LogP contribution >= 0.6 is 11.8 Å². The van der Waals surface area contributed by atoms with Gasteiger partial charge in [-0.15, -0.1) is 0 Å². The van der Waals surface area contributed by atoms with E-state index in [1.54, 1.807) is 36.4 Å². The summed E-state index contributed by atoms with van der Waals surface area (Å²) in [7, 11) is 0. The lowest BCUT2D eigenvalue weighted by molar-refractivity contribution is -0.384. The number of H-pyrrole nitrogens is 1. The number of aromatic nitrogens is 2. The summed E-state index contributed by atoms with van der Waals surface area (Å²) in [5.41, 5.74) is 7.40. The molecule has 0 bridgehead atoms. The fraction of sp³-hybridized carbons (Fsp3) is 0.105. The van der Waals surface area contributed by atoms with Gasteiger partial charge in [0.25, 0.3) is 17.2 Å². The van der Waals surface area contributed by atoms with Gasteiger partial charge < -0.3 is 11.1 Å². The predicted octanol–water partition coefficient (Wildman–Crippen LogP) is 3.11. The molecule has 0 saturated heterocycles. The fourth-order valence-electron chi connectivity index (χ4n) is 2.41. The van der Waals surface area contributed by atoms with Crippen molar-refractivity contribution in [3.63, 3.8) is 0 Å². The molecular formula is C19H17N5O4S. The Hall–Kier alpha value is -3.66. The third-order valence-corrected chi connectivity index (χ3v) is 4.95. The molecule has 3 aromatic rings. The van der Waals surface area contributed by atoms with Gasteiger partial charge in [-0.3, -0.25) is 24.7 Å². The van der Waals surface area contributed by atoms with Crippen molar-refractivity contribution >= 4 is 34.9 Å². The minimum atomic E-state index is -0.566. The number of aromatic amines is 1. The topological polar surface area (TPSA) is 144 Å². The van der Waals surface area contributed by atoms with Crippen LogP contribution in [-0.2, 0) is 5.75 Å². The van der Waals surface area contributed by atoms with Crippen LogP contribution in [0.15, 0.2) is 58.5 Å². The molecule has 1 heterocycles. The van der Waals surface area contributed by atoms with E-state index in [9.17, 15) is 19.7 Å². The monoisotopic (exact) mass is 411 g/mol. The van der Waals surface area contributed by atoms with Crippen LogP contribution in [0.4, 0.5) is 17.2 Å². The summed E-state index contributed by atoms with van der Waals surface area (Å²) in [6.45, 7) is 1.90. The molecule has 29 heavy (non-hydrogen) atoms. The molecule has 2 aromatic carbocycles. The maximum Gasteiger partial charge on any atom is 0.277 e. The molecule has 0 saturated carbocycles. The number of non-ortho nitro benzene ring substituents is 1. The maximum absolute atomic E-state index is 12.3. The summed E-state index contributed by atoms with van der Waals surface area (Å²) in [6.07, 6.45) is 0. The van der Waals surface area contributed by atoms with Crippen molar-refractivity contribution in [1.29, 1.82) is 0 Å². The highest BCUT2D eigenvalue weighted by atomic mass is 32.2. The number of nitro benzene ring substituents is 1. The molecule has 0 aliphatic heterocycles. The highest BCUT2D eigenvalue weighted by Crippen LogP contribution is 2.22. The smallest absolute Gasteiger partial charge is 0.277 e. The second-order valence-electron chi connectivity index (χ2n) is 6.16. The van der Waals surface area contributed by atoms with Gasteiger partial charge in [0, 0.05) is 23.4 Å². The van der Waals surface area contributed by atoms with E-state index in [1.807, 2.05) is 6.92 Å². The minimum absolute atomic E-state index is 0.00296. The normalized spacial score (nSPS) is 10.5. The molecule has 0 aliphatic rings. The number of carbonyl (C=O) groups is 1. The summed E-state index contributed by atoms with van der Waals surface area (Å²) in [5, 5.41) is 13.5. The van der Waals surface area contributed by atoms with Crippen LogP contribution in [0.3, 0.4) is 0 Å². The number of hydrogen-bond acceptors (Lipinski definition) is 7. The Bertz CT molecular complexity index is 1110. The minimum Gasteiger partial charge on any atom is -0.382 e. The second kappa shape index (κ2) is 8.57. The molecule has 10 heteroatoms. The predicted molar refractivity (Wildman–Crippen MR) is 111 cm³/mol. The summed E-state index contributed by atoms with van der Waals surface area (Å²) < 4.78 is 0. The lowest BCUT2D eigenvalue weighted by Crippen LogP contribution is -2.23. The van der Waals surface area contributed by atoms with Gasteiger partial charge in [0.1, 0.15) is 5.69 Å². The van der Waals surface area contributed by atoms with Gasteiger partial charge in [-0.05, 0) is 24.6 Å². The number of nitrogen functional groups attached to an aromatic ring is 1. The molecule has 0 atom stereocenters. The number of nitrogens with one attached hydrogen (secondary N) is 2. The standard InChI is InChI=1S/C19H17N5O4S/c1-11-2-6-13(7-3-11)17(25)21-15-16(20)22-19(23-18(15)26)29-10-12-4-8-14(9-5-12)24(27)28/h2-9H,10H2,1H3,(H,21,25)(H3,20,22,23,26). The highest BCUT2D eigenvalue weighted by molar-refractivity contribution is 7.98. The Morgan fingerprint density at radius 2 is 1.86 bits per heavy atom. The van der Waals surface area contributed by atoms with E-state index in [0.29, 0.717) is 11.3 Å². The Labute approximate surface area is 169 Å². The van der Waals surface area contributed by atoms with E-state index in [4.69, 9.17) is 5.73 Å². The Morgan fingerprint density at radius 3 is 2.45 bits per heavy atom. The molecule has 148 valence electrons. The van der Waals surface area contributed by atoms with Crippen LogP contribution in [0.1, 0.15) is 21.5 Å². The zero-order chi connectivity index (χ0) is 21.0. The number of carbonyl (C=O) groups excluding carboxylic acids is 1. The number of nitrogens with zero attached hydrogens (tertiary/aromatic N) is 2. The third-order valence-electron chi connectivity index (χ3n) is 4.00. The summed E-state index contributed by atoms with van der Waals surface area (Å²) >= 11 is 1.21. The Morgan fingerprint density at radius 1 is 1.21 bits per heavy atom. The van der Waals surface area contributed by atoms with Crippen LogP contribution in [0, 0.1) is 17.0 Å². The number of amides is 1. The van der Waals surface area contributed by atoms with Gasteiger partial charge in [0.05, 0.1) is 4.92 Å². The average Bonchev–Trinajstić information content (AvgIpc) is 2.70. The highest BCUT2D eigenvalue weighted by Gasteiger charge is 2.14. The largest absolute Gasteiger partial charge is 0.382 e. The lowest BCUT2D eigenvalue weighted by Gasteiger charge is -2.09. The molecular weight excluding hydrogens is 394 g/mol. The van der Waals surface area contributed by atoms with Gasteiger partial charge in [0.2, 0.25) is 0 Å². The quantitative estimate of drug-likeness (QED) is 0.245. The number of rotatable bonds is 6. The summed E-state index contributed by atoms with van der Waals surface area (Å²) in [5.74, 6) is -0.134. The molecule has 0 unspecified atom stereocenters. The van der Waals surface area contributed by atoms with Crippen molar-refractivity contribution in [2.45, 2.75) is 17.8 Å². The van der Waals surface area contributed by atoms with Crippen LogP contribution < -0.4 is 16.6 Å². The average molecular weight is 411 g/mol.